The number of hydrogen-bond acceptors (Lipinski definition) is 10. The molecular formula is C35H47N7O5S2. The molecule has 2 aromatic rings. The summed E-state index contributed by atoms with van der Waals surface area (Å²) in [5.74, 6) is -1.61. The number of aryl methyl sites for hydroxylation is 1. The molecule has 2 aromatic heterocycles. The summed E-state index contributed by atoms with van der Waals surface area (Å²) in [5, 5.41) is 12.1. The monoisotopic (exact) mass is 709 g/mol. The van der Waals surface area contributed by atoms with Crippen LogP contribution in [0.25, 0.3) is 0 Å². The van der Waals surface area contributed by atoms with Gasteiger partial charge in [-0.1, -0.05) is 39.3 Å². The Morgan fingerprint density at radius 2 is 1.98 bits per heavy atom. The fraction of sp³-hybridized carbons (Fsp3) is 0.629. The number of aromatic nitrogens is 2. The van der Waals surface area contributed by atoms with Gasteiger partial charge in [-0.3, -0.25) is 14.4 Å². The van der Waals surface area contributed by atoms with E-state index in [-0.39, 0.29) is 45.7 Å². The second kappa shape index (κ2) is 12.7. The first-order valence-corrected chi connectivity index (χ1v) is 20.1. The zero-order valence-electron chi connectivity index (χ0n) is 28.5. The van der Waals surface area contributed by atoms with Crippen LogP contribution in [0.3, 0.4) is 0 Å². The van der Waals surface area contributed by atoms with Gasteiger partial charge in [0.15, 0.2) is 5.13 Å². The molecule has 4 fully saturated rings. The van der Waals surface area contributed by atoms with Crippen LogP contribution in [0.15, 0.2) is 40.8 Å². The van der Waals surface area contributed by atoms with Crippen LogP contribution in [0.4, 0.5) is 10.9 Å². The minimum atomic E-state index is -4.32. The highest BCUT2D eigenvalue weighted by Gasteiger charge is 2.77. The molecule has 4 heterocycles. The molecule has 14 heteroatoms. The quantitative estimate of drug-likeness (QED) is 0.308. The minimum absolute atomic E-state index is 0.0704. The molecule has 0 radical (unpaired) electrons. The van der Waals surface area contributed by atoms with Crippen molar-refractivity contribution in [2.75, 3.05) is 23.7 Å². The van der Waals surface area contributed by atoms with Crippen LogP contribution in [-0.2, 0) is 30.8 Å². The van der Waals surface area contributed by atoms with Gasteiger partial charge in [0.05, 0.1) is 5.69 Å². The number of sulfonamides is 1. The van der Waals surface area contributed by atoms with E-state index in [1.807, 2.05) is 38.3 Å². The first kappa shape index (κ1) is 34.0. The van der Waals surface area contributed by atoms with Crippen LogP contribution < -0.4 is 20.7 Å². The van der Waals surface area contributed by atoms with Crippen molar-refractivity contribution in [3.8, 4) is 0 Å². The molecule has 3 amide bonds. The number of nitrogens with zero attached hydrogens (tertiary/aromatic N) is 3. The Hall–Kier alpha value is -3.52. The van der Waals surface area contributed by atoms with Crippen molar-refractivity contribution in [1.29, 1.82) is 0 Å². The molecule has 2 aliphatic heterocycles. The van der Waals surface area contributed by atoms with Crippen LogP contribution in [0.1, 0.15) is 84.3 Å². The lowest BCUT2D eigenvalue weighted by molar-refractivity contribution is -0.140. The summed E-state index contributed by atoms with van der Waals surface area (Å²) >= 11 is 1.47. The molecule has 0 bridgehead atoms. The maximum atomic E-state index is 14.4. The van der Waals surface area contributed by atoms with E-state index in [0.29, 0.717) is 24.6 Å². The number of carbonyl (C=O) groups excluding carboxylic acids is 3. The highest BCUT2D eigenvalue weighted by molar-refractivity contribution is 7.90. The predicted octanol–water partition coefficient (Wildman–Crippen LogP) is 4.23. The minimum Gasteiger partial charge on any atom is -0.369 e. The molecule has 3 aliphatic carbocycles. The van der Waals surface area contributed by atoms with Gasteiger partial charge in [-0.2, -0.15) is 0 Å². The van der Waals surface area contributed by atoms with Gasteiger partial charge in [0, 0.05) is 30.6 Å². The van der Waals surface area contributed by atoms with Crippen molar-refractivity contribution < 1.29 is 22.8 Å². The first-order chi connectivity index (χ1) is 23.4. The molecule has 2 spiro atoms. The van der Waals surface area contributed by atoms with Crippen molar-refractivity contribution in [1.82, 2.24) is 24.9 Å². The third kappa shape index (κ3) is 6.34. The van der Waals surface area contributed by atoms with Gasteiger partial charge >= 0.3 is 0 Å². The maximum absolute atomic E-state index is 14.4. The molecular weight excluding hydrogens is 663 g/mol. The van der Waals surface area contributed by atoms with E-state index in [9.17, 15) is 22.8 Å². The zero-order chi connectivity index (χ0) is 34.6. The average Bonchev–Trinajstić information content (AvgIpc) is 4.00. The number of hydrogen-bond donors (Lipinski definition) is 4. The van der Waals surface area contributed by atoms with E-state index in [1.165, 1.54) is 29.7 Å². The van der Waals surface area contributed by atoms with Crippen LogP contribution in [-0.4, -0.2) is 71.7 Å². The van der Waals surface area contributed by atoms with E-state index in [2.05, 4.69) is 30.6 Å². The number of pyridine rings is 1. The van der Waals surface area contributed by atoms with Crippen LogP contribution in [0.5, 0.6) is 0 Å². The normalized spacial score (nSPS) is 30.3. The van der Waals surface area contributed by atoms with Crippen molar-refractivity contribution in [2.45, 2.75) is 107 Å². The van der Waals surface area contributed by atoms with Crippen molar-refractivity contribution >= 4 is 50.0 Å². The highest BCUT2D eigenvalue weighted by atomic mass is 32.2. The summed E-state index contributed by atoms with van der Waals surface area (Å²) in [4.78, 5) is 53.3. The molecule has 12 nitrogen and oxygen atoms in total. The zero-order valence-corrected chi connectivity index (χ0v) is 30.1. The molecule has 5 atom stereocenters. The molecule has 3 saturated carbocycles. The maximum Gasteiger partial charge on any atom is 0.267 e. The van der Waals surface area contributed by atoms with E-state index in [1.54, 1.807) is 4.90 Å². The number of anilines is 2. The third-order valence-electron chi connectivity index (χ3n) is 11.4. The van der Waals surface area contributed by atoms with Crippen molar-refractivity contribution in [3.05, 3.63) is 41.6 Å². The predicted molar refractivity (Wildman–Crippen MR) is 187 cm³/mol. The second-order valence-electron chi connectivity index (χ2n) is 15.0. The number of likely N-dealkylation sites (tertiary alicyclic amines) is 1. The van der Waals surface area contributed by atoms with E-state index < -0.39 is 39.5 Å². The summed E-state index contributed by atoms with van der Waals surface area (Å²) in [6, 6.07) is 1.57. The molecule has 1 saturated heterocycles. The van der Waals surface area contributed by atoms with Gasteiger partial charge in [-0.25, -0.2) is 23.1 Å². The SMILES string of the molecule is CCc1csc(NC(C(=O)N2CC3(C[C@H]2C(=O)N[C@]24C[C@H]2C=CCCCCCNc2ncccc2S(=O)(=O)NC4=O)CC32CC2)C(C)C)n1. The second-order valence-corrected chi connectivity index (χ2v) is 17.6. The highest BCUT2D eigenvalue weighted by Crippen LogP contribution is 2.81. The molecule has 5 aliphatic rings. The summed E-state index contributed by atoms with van der Waals surface area (Å²) in [6.45, 7) is 7.05. The molecule has 4 N–H and O–H groups in total. The van der Waals surface area contributed by atoms with Gasteiger partial charge in [0.1, 0.15) is 28.3 Å². The molecule has 2 unspecified atom stereocenters. The first-order valence-electron chi connectivity index (χ1n) is 17.7. The number of fused-ring (bicyclic) bond motifs is 3. The van der Waals surface area contributed by atoms with Gasteiger partial charge in [-0.15, -0.1) is 11.3 Å². The van der Waals surface area contributed by atoms with Gasteiger partial charge in [-0.05, 0) is 86.7 Å². The molecule has 49 heavy (non-hydrogen) atoms. The molecule has 264 valence electrons. The summed E-state index contributed by atoms with van der Waals surface area (Å²) in [7, 11) is -4.32. The number of rotatable bonds is 7. The summed E-state index contributed by atoms with van der Waals surface area (Å²) < 4.78 is 29.5. The number of nitrogens with one attached hydrogen (secondary N) is 4. The Morgan fingerprint density at radius 3 is 2.69 bits per heavy atom. The van der Waals surface area contributed by atoms with Gasteiger partial charge in [0.25, 0.3) is 15.9 Å². The number of allylic oxidation sites excluding steroid dienone is 1. The summed E-state index contributed by atoms with van der Waals surface area (Å²) in [6.07, 6.45) is 13.8. The Bertz CT molecular complexity index is 1770. The van der Waals surface area contributed by atoms with Crippen molar-refractivity contribution in [2.24, 2.45) is 22.7 Å². The lowest BCUT2D eigenvalue weighted by Crippen LogP contribution is -2.57. The summed E-state index contributed by atoms with van der Waals surface area (Å²) in [5.41, 5.74) is -0.384. The molecule has 0 aromatic carbocycles. The number of thiazole rings is 1. The largest absolute Gasteiger partial charge is 0.369 e. The number of amides is 3. The molecule has 7 rings (SSSR count). The third-order valence-corrected chi connectivity index (χ3v) is 13.6. The van der Waals surface area contributed by atoms with Crippen LogP contribution in [0.2, 0.25) is 0 Å². The lowest BCUT2D eigenvalue weighted by Gasteiger charge is -2.31. The Morgan fingerprint density at radius 1 is 1.16 bits per heavy atom. The van der Waals surface area contributed by atoms with E-state index in [0.717, 1.165) is 57.1 Å². The smallest absolute Gasteiger partial charge is 0.267 e. The van der Waals surface area contributed by atoms with Gasteiger partial charge in [0.2, 0.25) is 11.8 Å². The Balaban J connectivity index is 1.15. The lowest BCUT2D eigenvalue weighted by atomic mass is 9.98. The number of carbonyl (C=O) groups is 3. The fourth-order valence-corrected chi connectivity index (χ4v) is 10.1. The van der Waals surface area contributed by atoms with Gasteiger partial charge < -0.3 is 20.9 Å². The topological polar surface area (TPSA) is 162 Å². The van der Waals surface area contributed by atoms with Crippen LogP contribution in [0, 0.1) is 22.7 Å². The van der Waals surface area contributed by atoms with E-state index in [4.69, 9.17) is 0 Å². The van der Waals surface area contributed by atoms with E-state index >= 15 is 0 Å². The Kier molecular flexibility index (Phi) is 8.78. The standard InChI is InChI=1S/C35H47N7O5S2/c1-4-24-19-48-32(38-24)39-27(22(2)3)30(44)42-21-34(20-33(34)13-14-33)18-25(42)29(43)40-35-17-23(35)11-8-6-5-7-9-15-36-28-26(12-10-16-37-28)49(46,47)41-31(35)45/h8,10-12,16,19,22-23,25,27H,4-7,9,13-15,17-18,20-21H2,1-3H3,(H,36,37)(H,38,39)(H,40,43)(H,41,45)/t23-,25+,27?,34?,35-/m1/s1. The van der Waals surface area contributed by atoms with Crippen LogP contribution >= 0.6 is 11.3 Å². The fourth-order valence-electron chi connectivity index (χ4n) is 8.11. The Labute approximate surface area is 292 Å². The average molecular weight is 710 g/mol. The van der Waals surface area contributed by atoms with Crippen molar-refractivity contribution in [3.63, 3.8) is 0 Å².